The van der Waals surface area contributed by atoms with Gasteiger partial charge in [-0.25, -0.2) is 0 Å². The van der Waals surface area contributed by atoms with Crippen LogP contribution in [0.15, 0.2) is 42.5 Å². The zero-order valence-corrected chi connectivity index (χ0v) is 15.7. The number of hydrogen-bond acceptors (Lipinski definition) is 4. The third-order valence-corrected chi connectivity index (χ3v) is 4.62. The van der Waals surface area contributed by atoms with E-state index in [0.717, 1.165) is 25.7 Å². The predicted molar refractivity (Wildman–Crippen MR) is 106 cm³/mol. The molecule has 0 saturated heterocycles. The average Bonchev–Trinajstić information content (AvgIpc) is 2.58. The maximum absolute atomic E-state index is 12.3. The molecule has 1 amide bonds. The minimum absolute atomic E-state index is 0. The van der Waals surface area contributed by atoms with Gasteiger partial charge in [0.2, 0.25) is 0 Å². The maximum Gasteiger partial charge on any atom is 0.257 e. The third-order valence-electron chi connectivity index (χ3n) is 4.31. The van der Waals surface area contributed by atoms with Crippen molar-refractivity contribution in [2.24, 2.45) is 0 Å². The Bertz CT molecular complexity index is 753. The van der Waals surface area contributed by atoms with Gasteiger partial charge in [0.05, 0.1) is 16.7 Å². The van der Waals surface area contributed by atoms with Crippen LogP contribution in [-0.2, 0) is 0 Å². The Morgan fingerprint density at radius 3 is 2.50 bits per heavy atom. The molecule has 1 aliphatic rings. The monoisotopic (exact) mass is 396 g/mol. The Hall–Kier alpha value is -1.95. The molecule has 3 rings (SSSR count). The fraction of sp³-hybridized carbons (Fsp3) is 0.316. The van der Waals surface area contributed by atoms with Gasteiger partial charge in [-0.2, -0.15) is 0 Å². The first kappa shape index (κ1) is 20.4. The van der Waals surface area contributed by atoms with E-state index >= 15 is 0 Å². The van der Waals surface area contributed by atoms with E-state index in [1.807, 2.05) is 0 Å². The molecule has 7 heteroatoms. The maximum atomic E-state index is 12.3. The molecule has 2 atom stereocenters. The number of nitrogens with one attached hydrogen (secondary N) is 1. The van der Waals surface area contributed by atoms with E-state index in [2.05, 4.69) is 5.32 Å². The van der Waals surface area contributed by atoms with Crippen molar-refractivity contribution >= 4 is 41.3 Å². The fourth-order valence-corrected chi connectivity index (χ4v) is 3.20. The van der Waals surface area contributed by atoms with E-state index in [1.54, 1.807) is 42.5 Å². The zero-order chi connectivity index (χ0) is 17.8. The molecule has 2 aromatic carbocycles. The van der Waals surface area contributed by atoms with Gasteiger partial charge in [0.15, 0.2) is 0 Å². The number of aliphatic hydroxyl groups excluding tert-OH is 1. The highest BCUT2D eigenvalue weighted by atomic mass is 35.5. The molecule has 2 aromatic rings. The summed E-state index contributed by atoms with van der Waals surface area (Å²) in [4.78, 5) is 12.3. The van der Waals surface area contributed by atoms with Crippen molar-refractivity contribution in [3.8, 4) is 5.75 Å². The predicted octanol–water partition coefficient (Wildman–Crippen LogP) is 4.28. The van der Waals surface area contributed by atoms with Crippen LogP contribution in [0.4, 0.5) is 11.4 Å². The molecule has 4 N–H and O–H groups in total. The summed E-state index contributed by atoms with van der Waals surface area (Å²) in [5.74, 6) is 0.371. The summed E-state index contributed by atoms with van der Waals surface area (Å²) in [6.07, 6.45) is 3.16. The highest BCUT2D eigenvalue weighted by Crippen LogP contribution is 2.25. The first-order valence-electron chi connectivity index (χ1n) is 8.34. The summed E-state index contributed by atoms with van der Waals surface area (Å²) in [6, 6.07) is 11.8. The van der Waals surface area contributed by atoms with Crippen LogP contribution in [-0.4, -0.2) is 23.2 Å². The highest BCUT2D eigenvalue weighted by molar-refractivity contribution is 6.34. The summed E-state index contributed by atoms with van der Waals surface area (Å²) >= 11 is 6.05. The van der Waals surface area contributed by atoms with Crippen molar-refractivity contribution in [1.82, 2.24) is 0 Å². The Morgan fingerprint density at radius 1 is 1.15 bits per heavy atom. The minimum Gasteiger partial charge on any atom is -0.488 e. The molecule has 0 spiro atoms. The fourth-order valence-electron chi connectivity index (χ4n) is 2.92. The van der Waals surface area contributed by atoms with Gasteiger partial charge in [0.1, 0.15) is 11.9 Å². The van der Waals surface area contributed by atoms with E-state index in [1.165, 1.54) is 0 Å². The van der Waals surface area contributed by atoms with E-state index in [4.69, 9.17) is 22.1 Å². The third kappa shape index (κ3) is 5.04. The number of hydrogen-bond donors (Lipinski definition) is 3. The van der Waals surface area contributed by atoms with Gasteiger partial charge < -0.3 is 20.9 Å². The lowest BCUT2D eigenvalue weighted by Crippen LogP contribution is -2.34. The van der Waals surface area contributed by atoms with Crippen LogP contribution < -0.4 is 15.8 Å². The summed E-state index contributed by atoms with van der Waals surface area (Å²) in [5, 5.41) is 13.1. The van der Waals surface area contributed by atoms with Crippen LogP contribution in [0.5, 0.6) is 5.75 Å². The number of rotatable bonds is 4. The molecular formula is C19H22Cl2N2O3. The summed E-state index contributed by atoms with van der Waals surface area (Å²) in [5.41, 5.74) is 7.14. The Labute approximate surface area is 163 Å². The molecule has 0 aromatic heterocycles. The Balaban J connectivity index is 0.00000243. The smallest absolute Gasteiger partial charge is 0.257 e. The van der Waals surface area contributed by atoms with Crippen LogP contribution in [0, 0.1) is 0 Å². The molecule has 1 fully saturated rings. The number of nitrogen functional groups attached to an aromatic ring is 1. The second-order valence-electron chi connectivity index (χ2n) is 6.23. The first-order valence-corrected chi connectivity index (χ1v) is 8.72. The van der Waals surface area contributed by atoms with Crippen LogP contribution >= 0.6 is 24.0 Å². The lowest BCUT2D eigenvalue weighted by Gasteiger charge is -2.28. The van der Waals surface area contributed by atoms with Gasteiger partial charge in [-0.15, -0.1) is 12.4 Å². The highest BCUT2D eigenvalue weighted by Gasteiger charge is 2.24. The lowest BCUT2D eigenvalue weighted by atomic mass is 9.95. The minimum atomic E-state index is -0.416. The van der Waals surface area contributed by atoms with Crippen molar-refractivity contribution in [2.45, 2.75) is 37.9 Å². The molecule has 2 unspecified atom stereocenters. The van der Waals surface area contributed by atoms with E-state index in [9.17, 15) is 9.90 Å². The number of halogens is 2. The molecule has 140 valence electrons. The van der Waals surface area contributed by atoms with Gasteiger partial charge in [0.25, 0.3) is 5.91 Å². The normalized spacial score (nSPS) is 19.3. The second-order valence-corrected chi connectivity index (χ2v) is 6.63. The van der Waals surface area contributed by atoms with Gasteiger partial charge in [-0.05, 0) is 61.7 Å². The standard InChI is InChI=1S/C19H21ClN2O3.ClH/c20-16-11-12(21)5-10-15(16)19(24)22-13-6-8-14(9-7-13)25-18-4-2-1-3-17(18)23;/h5-11,17-18,23H,1-4,21H2,(H,22,24);1H. The van der Waals surface area contributed by atoms with Crippen molar-refractivity contribution in [3.63, 3.8) is 0 Å². The molecule has 0 aliphatic heterocycles. The van der Waals surface area contributed by atoms with Crippen molar-refractivity contribution < 1.29 is 14.6 Å². The number of ether oxygens (including phenoxy) is 1. The SMILES string of the molecule is Cl.Nc1ccc(C(=O)Nc2ccc(OC3CCCCC3O)cc2)c(Cl)c1. The van der Waals surface area contributed by atoms with Gasteiger partial charge >= 0.3 is 0 Å². The van der Waals surface area contributed by atoms with Gasteiger partial charge in [-0.1, -0.05) is 18.0 Å². The van der Waals surface area contributed by atoms with Crippen LogP contribution in [0.2, 0.25) is 5.02 Å². The van der Waals surface area contributed by atoms with E-state index in [-0.39, 0.29) is 24.4 Å². The van der Waals surface area contributed by atoms with Gasteiger partial charge in [0, 0.05) is 11.4 Å². The quantitative estimate of drug-likeness (QED) is 0.673. The molecular weight excluding hydrogens is 375 g/mol. The molecule has 1 aliphatic carbocycles. The molecule has 1 saturated carbocycles. The number of benzene rings is 2. The van der Waals surface area contributed by atoms with Crippen molar-refractivity contribution in [1.29, 1.82) is 0 Å². The zero-order valence-electron chi connectivity index (χ0n) is 14.2. The summed E-state index contributed by atoms with van der Waals surface area (Å²) < 4.78 is 5.85. The Morgan fingerprint density at radius 2 is 1.85 bits per heavy atom. The number of nitrogens with two attached hydrogens (primary N) is 1. The van der Waals surface area contributed by atoms with E-state index in [0.29, 0.717) is 27.7 Å². The molecule has 0 radical (unpaired) electrons. The van der Waals surface area contributed by atoms with E-state index < -0.39 is 6.10 Å². The number of carbonyl (C=O) groups excluding carboxylic acids is 1. The van der Waals surface area contributed by atoms with Crippen molar-refractivity contribution in [3.05, 3.63) is 53.1 Å². The first-order chi connectivity index (χ1) is 12.0. The second kappa shape index (κ2) is 9.12. The van der Waals surface area contributed by atoms with Crippen LogP contribution in [0.25, 0.3) is 0 Å². The summed E-state index contributed by atoms with van der Waals surface area (Å²) in [7, 11) is 0. The average molecular weight is 397 g/mol. The van der Waals surface area contributed by atoms with Crippen LogP contribution in [0.3, 0.4) is 0 Å². The molecule has 5 nitrogen and oxygen atoms in total. The van der Waals surface area contributed by atoms with Crippen LogP contribution in [0.1, 0.15) is 36.0 Å². The number of anilines is 2. The Kier molecular flexibility index (Phi) is 7.14. The number of aliphatic hydroxyl groups is 1. The largest absolute Gasteiger partial charge is 0.488 e. The lowest BCUT2D eigenvalue weighted by molar-refractivity contribution is 0.00688. The molecule has 26 heavy (non-hydrogen) atoms. The molecule has 0 bridgehead atoms. The number of carbonyl (C=O) groups is 1. The summed E-state index contributed by atoms with van der Waals surface area (Å²) in [6.45, 7) is 0. The number of amides is 1. The topological polar surface area (TPSA) is 84.6 Å². The van der Waals surface area contributed by atoms with Crippen molar-refractivity contribution in [2.75, 3.05) is 11.1 Å². The van der Waals surface area contributed by atoms with Gasteiger partial charge in [-0.3, -0.25) is 4.79 Å². The molecule has 0 heterocycles.